The fourth-order valence-corrected chi connectivity index (χ4v) is 4.06. The summed E-state index contributed by atoms with van der Waals surface area (Å²) in [4.78, 5) is 16.2. The first-order valence-corrected chi connectivity index (χ1v) is 8.04. The van der Waals surface area contributed by atoms with Gasteiger partial charge in [-0.1, -0.05) is 29.3 Å². The maximum Gasteiger partial charge on any atom is 0.336 e. The molecule has 2 aromatic heterocycles. The van der Waals surface area contributed by atoms with Crippen LogP contribution in [0.15, 0.2) is 24.3 Å². The molecule has 2 heterocycles. The zero-order valence-corrected chi connectivity index (χ0v) is 14.1. The van der Waals surface area contributed by atoms with Crippen molar-refractivity contribution in [3.63, 3.8) is 0 Å². The second kappa shape index (κ2) is 5.54. The lowest BCUT2D eigenvalue weighted by Crippen LogP contribution is -2.02. The van der Waals surface area contributed by atoms with E-state index in [-0.39, 0.29) is 5.56 Å². The Bertz CT molecular complexity index is 918. The van der Waals surface area contributed by atoms with Crippen LogP contribution in [0.5, 0.6) is 0 Å². The summed E-state index contributed by atoms with van der Waals surface area (Å²) < 4.78 is 1.04. The van der Waals surface area contributed by atoms with Crippen molar-refractivity contribution in [3.8, 4) is 11.3 Å². The normalized spacial score (nSPS) is 11.1. The minimum Gasteiger partial charge on any atom is -0.478 e. The van der Waals surface area contributed by atoms with Gasteiger partial charge >= 0.3 is 5.97 Å². The Kier molecular flexibility index (Phi) is 3.85. The Labute approximate surface area is 141 Å². The number of halogens is 2. The molecular formula is C16H11Cl2NO2S. The molecule has 22 heavy (non-hydrogen) atoms. The van der Waals surface area contributed by atoms with Gasteiger partial charge in [0.05, 0.1) is 21.1 Å². The first-order valence-electron chi connectivity index (χ1n) is 6.47. The molecule has 3 nitrogen and oxygen atoms in total. The van der Waals surface area contributed by atoms with Crippen molar-refractivity contribution in [1.82, 2.24) is 4.98 Å². The zero-order chi connectivity index (χ0) is 16.0. The van der Waals surface area contributed by atoms with Crippen LogP contribution in [0.4, 0.5) is 0 Å². The number of carboxylic acid groups (broad SMARTS) is 1. The molecule has 0 spiro atoms. The Balaban J connectivity index is 2.39. The van der Waals surface area contributed by atoms with Gasteiger partial charge in [0.15, 0.2) is 0 Å². The number of aryl methyl sites for hydroxylation is 2. The summed E-state index contributed by atoms with van der Waals surface area (Å²) in [6.07, 6.45) is 0. The number of benzene rings is 1. The fraction of sp³-hybridized carbons (Fsp3) is 0.125. The molecule has 6 heteroatoms. The average molecular weight is 352 g/mol. The average Bonchev–Trinajstić information content (AvgIpc) is 2.75. The Hall–Kier alpha value is -1.62. The predicted octanol–water partition coefficient (Wildman–Crippen LogP) is 5.59. The second-order valence-electron chi connectivity index (χ2n) is 5.07. The van der Waals surface area contributed by atoms with Gasteiger partial charge in [-0.15, -0.1) is 11.3 Å². The summed E-state index contributed by atoms with van der Waals surface area (Å²) in [5, 5.41) is 10.2. The predicted molar refractivity (Wildman–Crippen MR) is 91.5 cm³/mol. The third-order valence-corrected chi connectivity index (χ3v) is 4.90. The highest BCUT2D eigenvalue weighted by molar-refractivity contribution is 7.20. The van der Waals surface area contributed by atoms with E-state index < -0.39 is 5.97 Å². The lowest BCUT2D eigenvalue weighted by molar-refractivity contribution is 0.0699. The van der Waals surface area contributed by atoms with E-state index in [9.17, 15) is 9.90 Å². The van der Waals surface area contributed by atoms with Crippen LogP contribution in [0, 0.1) is 13.8 Å². The molecule has 0 bridgehead atoms. The van der Waals surface area contributed by atoms with Crippen LogP contribution in [0.3, 0.4) is 0 Å². The summed E-state index contributed by atoms with van der Waals surface area (Å²) in [6, 6.07) is 7.08. The number of nitrogens with zero attached hydrogens (tertiary/aromatic N) is 1. The number of fused-ring (bicyclic) bond motifs is 1. The number of hydrogen-bond donors (Lipinski definition) is 1. The third kappa shape index (κ3) is 2.58. The van der Waals surface area contributed by atoms with Gasteiger partial charge < -0.3 is 5.11 Å². The van der Waals surface area contributed by atoms with Gasteiger partial charge in [0.2, 0.25) is 0 Å². The van der Waals surface area contributed by atoms with E-state index in [0.717, 1.165) is 11.1 Å². The lowest BCUT2D eigenvalue weighted by Gasteiger charge is -2.10. The van der Waals surface area contributed by atoms with E-state index in [2.05, 4.69) is 4.98 Å². The van der Waals surface area contributed by atoms with Crippen molar-refractivity contribution in [2.75, 3.05) is 0 Å². The van der Waals surface area contributed by atoms with E-state index in [1.54, 1.807) is 12.1 Å². The van der Waals surface area contributed by atoms with Crippen molar-refractivity contribution in [3.05, 3.63) is 49.6 Å². The molecule has 112 valence electrons. The summed E-state index contributed by atoms with van der Waals surface area (Å²) in [5.41, 5.74) is 3.95. The molecule has 0 aliphatic carbocycles. The van der Waals surface area contributed by atoms with Crippen LogP contribution in [-0.4, -0.2) is 16.1 Å². The zero-order valence-electron chi connectivity index (χ0n) is 11.8. The maximum atomic E-state index is 11.6. The highest BCUT2D eigenvalue weighted by Crippen LogP contribution is 2.38. The smallest absolute Gasteiger partial charge is 0.336 e. The van der Waals surface area contributed by atoms with Crippen molar-refractivity contribution in [1.29, 1.82) is 0 Å². The SMILES string of the molecule is Cc1cc(C)c2c(C(=O)O)cc(-c3cc(Cl)sc3Cl)nc2c1. The Morgan fingerprint density at radius 2 is 1.91 bits per heavy atom. The van der Waals surface area contributed by atoms with Gasteiger partial charge in [0, 0.05) is 10.9 Å². The van der Waals surface area contributed by atoms with E-state index >= 15 is 0 Å². The van der Waals surface area contributed by atoms with Gasteiger partial charge in [-0.3, -0.25) is 0 Å². The quantitative estimate of drug-likeness (QED) is 0.654. The highest BCUT2D eigenvalue weighted by Gasteiger charge is 2.17. The highest BCUT2D eigenvalue weighted by atomic mass is 35.5. The third-order valence-electron chi connectivity index (χ3n) is 3.41. The number of pyridine rings is 1. The monoisotopic (exact) mass is 351 g/mol. The molecule has 3 aromatic rings. The maximum absolute atomic E-state index is 11.6. The molecule has 0 amide bonds. The van der Waals surface area contributed by atoms with Gasteiger partial charge in [0.25, 0.3) is 0 Å². The van der Waals surface area contributed by atoms with Crippen LogP contribution < -0.4 is 0 Å². The molecule has 0 radical (unpaired) electrons. The van der Waals surface area contributed by atoms with E-state index in [0.29, 0.717) is 30.8 Å². The lowest BCUT2D eigenvalue weighted by atomic mass is 9.99. The summed E-state index contributed by atoms with van der Waals surface area (Å²) >= 11 is 13.4. The van der Waals surface area contributed by atoms with Crippen molar-refractivity contribution < 1.29 is 9.90 Å². The number of carbonyl (C=O) groups is 1. The molecule has 0 aliphatic rings. The first kappa shape index (κ1) is 15.3. The molecule has 1 aromatic carbocycles. The number of aromatic nitrogens is 1. The van der Waals surface area contributed by atoms with E-state index in [4.69, 9.17) is 23.2 Å². The van der Waals surface area contributed by atoms with Gasteiger partial charge in [-0.05, 0) is 43.2 Å². The summed E-state index contributed by atoms with van der Waals surface area (Å²) in [6.45, 7) is 3.84. The molecule has 0 atom stereocenters. The molecule has 3 rings (SSSR count). The topological polar surface area (TPSA) is 50.2 Å². The van der Waals surface area contributed by atoms with Crippen LogP contribution in [0.2, 0.25) is 8.67 Å². The molecule has 0 aliphatic heterocycles. The van der Waals surface area contributed by atoms with Crippen LogP contribution >= 0.6 is 34.5 Å². The number of thiophene rings is 1. The van der Waals surface area contributed by atoms with Gasteiger partial charge in [-0.2, -0.15) is 0 Å². The van der Waals surface area contributed by atoms with Crippen molar-refractivity contribution in [2.45, 2.75) is 13.8 Å². The summed E-state index contributed by atoms with van der Waals surface area (Å²) in [5.74, 6) is -0.988. The Morgan fingerprint density at radius 1 is 1.18 bits per heavy atom. The van der Waals surface area contributed by atoms with E-state index in [1.807, 2.05) is 26.0 Å². The first-order chi connectivity index (χ1) is 10.4. The van der Waals surface area contributed by atoms with Crippen molar-refractivity contribution in [2.24, 2.45) is 0 Å². The number of rotatable bonds is 2. The van der Waals surface area contributed by atoms with Gasteiger partial charge in [0.1, 0.15) is 4.34 Å². The van der Waals surface area contributed by atoms with Crippen LogP contribution in [0.1, 0.15) is 21.5 Å². The number of aromatic carboxylic acids is 1. The van der Waals surface area contributed by atoms with Crippen molar-refractivity contribution >= 4 is 51.4 Å². The largest absolute Gasteiger partial charge is 0.478 e. The number of carboxylic acids is 1. The van der Waals surface area contributed by atoms with Crippen LogP contribution in [0.25, 0.3) is 22.2 Å². The summed E-state index contributed by atoms with van der Waals surface area (Å²) in [7, 11) is 0. The molecule has 1 N–H and O–H groups in total. The van der Waals surface area contributed by atoms with Crippen LogP contribution in [-0.2, 0) is 0 Å². The molecular weight excluding hydrogens is 341 g/mol. The molecule has 0 unspecified atom stereocenters. The molecule has 0 saturated carbocycles. The molecule has 0 saturated heterocycles. The number of hydrogen-bond acceptors (Lipinski definition) is 3. The standard InChI is InChI=1S/C16H11Cl2NO2S/c1-7-3-8(2)14-10(16(20)21)5-11(19-12(14)4-7)9-6-13(17)22-15(9)18/h3-6H,1-2H3,(H,20,21). The molecule has 0 fully saturated rings. The Morgan fingerprint density at radius 3 is 2.50 bits per heavy atom. The second-order valence-corrected chi connectivity index (χ2v) is 7.36. The fourth-order valence-electron chi connectivity index (χ4n) is 2.58. The minimum absolute atomic E-state index is 0.218. The van der Waals surface area contributed by atoms with Gasteiger partial charge in [-0.25, -0.2) is 9.78 Å². The minimum atomic E-state index is -0.988. The van der Waals surface area contributed by atoms with E-state index in [1.165, 1.54) is 11.3 Å².